The molecule has 2 rings (SSSR count). The Morgan fingerprint density at radius 1 is 1.44 bits per heavy atom. The van der Waals surface area contributed by atoms with Gasteiger partial charge in [0.15, 0.2) is 0 Å². The highest BCUT2D eigenvalue weighted by Crippen LogP contribution is 2.14. The number of hydrogen-bond acceptors (Lipinski definition) is 4. The molecular formula is C12H16N4O2. The number of nitrogen functional groups attached to an aromatic ring is 1. The van der Waals surface area contributed by atoms with Crippen molar-refractivity contribution < 1.29 is 4.74 Å². The lowest BCUT2D eigenvalue weighted by molar-refractivity contribution is 0.297. The van der Waals surface area contributed by atoms with Crippen LogP contribution in [0.5, 0.6) is 5.75 Å². The molecule has 0 atom stereocenters. The van der Waals surface area contributed by atoms with E-state index in [2.05, 4.69) is 5.10 Å². The van der Waals surface area contributed by atoms with E-state index >= 15 is 0 Å². The highest BCUT2D eigenvalue weighted by atomic mass is 16.5. The fourth-order valence-corrected chi connectivity index (χ4v) is 1.58. The highest BCUT2D eigenvalue weighted by Gasteiger charge is 2.01. The number of nitrogens with two attached hydrogens (primary N) is 1. The number of hydrogen-bond donors (Lipinski definition) is 1. The lowest BCUT2D eigenvalue weighted by atomic mass is 10.3. The molecule has 6 nitrogen and oxygen atoms in total. The van der Waals surface area contributed by atoms with Crippen LogP contribution in [0, 0.1) is 0 Å². The van der Waals surface area contributed by atoms with E-state index in [4.69, 9.17) is 10.5 Å². The van der Waals surface area contributed by atoms with Crippen LogP contribution in [0.1, 0.15) is 6.42 Å². The zero-order valence-corrected chi connectivity index (χ0v) is 10.2. The molecule has 1 heterocycles. The van der Waals surface area contributed by atoms with E-state index in [0.29, 0.717) is 25.3 Å². The molecule has 0 saturated carbocycles. The Hall–Kier alpha value is -2.24. The maximum Gasteiger partial charge on any atom is 0.345 e. The second-order valence-electron chi connectivity index (χ2n) is 4.02. The number of ether oxygens (including phenoxy) is 1. The molecule has 0 amide bonds. The van der Waals surface area contributed by atoms with Crippen LogP contribution in [-0.4, -0.2) is 21.0 Å². The Kier molecular flexibility index (Phi) is 3.66. The van der Waals surface area contributed by atoms with Crippen molar-refractivity contribution in [1.29, 1.82) is 0 Å². The van der Waals surface area contributed by atoms with E-state index in [0.717, 1.165) is 5.75 Å². The van der Waals surface area contributed by atoms with Gasteiger partial charge < -0.3 is 10.5 Å². The zero-order valence-electron chi connectivity index (χ0n) is 10.2. The Morgan fingerprint density at radius 3 is 2.94 bits per heavy atom. The molecule has 0 unspecified atom stereocenters. The lowest BCUT2D eigenvalue weighted by Crippen LogP contribution is -2.23. The van der Waals surface area contributed by atoms with Gasteiger partial charge in [0.05, 0.1) is 6.61 Å². The predicted molar refractivity (Wildman–Crippen MR) is 68.4 cm³/mol. The summed E-state index contributed by atoms with van der Waals surface area (Å²) in [5, 5.41) is 3.97. The Morgan fingerprint density at radius 2 is 2.28 bits per heavy atom. The van der Waals surface area contributed by atoms with Gasteiger partial charge in [-0.2, -0.15) is 5.10 Å². The van der Waals surface area contributed by atoms with Gasteiger partial charge in [-0.15, -0.1) is 0 Å². The summed E-state index contributed by atoms with van der Waals surface area (Å²) in [5.74, 6) is 0.739. The number of anilines is 1. The molecule has 0 bridgehead atoms. The first-order chi connectivity index (χ1) is 8.66. The van der Waals surface area contributed by atoms with Gasteiger partial charge in [0.2, 0.25) is 0 Å². The molecule has 1 aromatic carbocycles. The zero-order chi connectivity index (χ0) is 13.0. The van der Waals surface area contributed by atoms with Crippen LogP contribution < -0.4 is 16.2 Å². The molecule has 6 heteroatoms. The van der Waals surface area contributed by atoms with Crippen molar-refractivity contribution in [3.05, 3.63) is 41.1 Å². The summed E-state index contributed by atoms with van der Waals surface area (Å²) < 4.78 is 8.39. The molecule has 0 aliphatic rings. The molecule has 18 heavy (non-hydrogen) atoms. The van der Waals surface area contributed by atoms with Crippen molar-refractivity contribution in [3.8, 4) is 5.75 Å². The number of aromatic nitrogens is 3. The minimum Gasteiger partial charge on any atom is -0.493 e. The normalized spacial score (nSPS) is 10.5. The van der Waals surface area contributed by atoms with Crippen LogP contribution in [0.25, 0.3) is 0 Å². The number of aryl methyl sites for hydroxylation is 2. The second kappa shape index (κ2) is 5.39. The van der Waals surface area contributed by atoms with Crippen LogP contribution in [0.4, 0.5) is 5.69 Å². The third-order valence-corrected chi connectivity index (χ3v) is 2.53. The molecule has 0 fully saturated rings. The van der Waals surface area contributed by atoms with Gasteiger partial charge in [0, 0.05) is 31.8 Å². The largest absolute Gasteiger partial charge is 0.493 e. The molecule has 2 N–H and O–H groups in total. The van der Waals surface area contributed by atoms with Gasteiger partial charge in [-0.1, -0.05) is 6.07 Å². The molecule has 0 aliphatic carbocycles. The van der Waals surface area contributed by atoms with E-state index in [1.165, 1.54) is 15.6 Å². The van der Waals surface area contributed by atoms with Crippen molar-refractivity contribution >= 4 is 5.69 Å². The van der Waals surface area contributed by atoms with Crippen LogP contribution in [0.3, 0.4) is 0 Å². The number of benzene rings is 1. The van der Waals surface area contributed by atoms with Crippen molar-refractivity contribution in [1.82, 2.24) is 14.3 Å². The monoisotopic (exact) mass is 248 g/mol. The summed E-state index contributed by atoms with van der Waals surface area (Å²) in [6.45, 7) is 1.06. The minimum atomic E-state index is -0.112. The van der Waals surface area contributed by atoms with E-state index in [1.807, 2.05) is 12.1 Å². The Balaban J connectivity index is 1.80. The van der Waals surface area contributed by atoms with Gasteiger partial charge >= 0.3 is 5.69 Å². The molecule has 2 aromatic rings. The summed E-state index contributed by atoms with van der Waals surface area (Å²) in [6.07, 6.45) is 2.22. The molecule has 0 saturated heterocycles. The van der Waals surface area contributed by atoms with Crippen LogP contribution in [0.2, 0.25) is 0 Å². The van der Waals surface area contributed by atoms with Crippen molar-refractivity contribution in [2.75, 3.05) is 12.3 Å². The fraction of sp³-hybridized carbons (Fsp3) is 0.333. The maximum absolute atomic E-state index is 11.5. The topological polar surface area (TPSA) is 75.1 Å². The Labute approximate surface area is 105 Å². The van der Waals surface area contributed by atoms with Crippen molar-refractivity contribution in [2.45, 2.75) is 13.0 Å². The summed E-state index contributed by atoms with van der Waals surface area (Å²) in [7, 11) is 1.68. The van der Waals surface area contributed by atoms with E-state index in [9.17, 15) is 4.79 Å². The Bertz CT molecular complexity index is 573. The van der Waals surface area contributed by atoms with Gasteiger partial charge in [-0.05, 0) is 12.1 Å². The summed E-state index contributed by atoms with van der Waals surface area (Å²) in [5.41, 5.74) is 6.20. The first-order valence-corrected chi connectivity index (χ1v) is 5.73. The highest BCUT2D eigenvalue weighted by molar-refractivity contribution is 5.43. The van der Waals surface area contributed by atoms with Crippen molar-refractivity contribution in [3.63, 3.8) is 0 Å². The number of nitrogens with zero attached hydrogens (tertiary/aromatic N) is 3. The lowest BCUT2D eigenvalue weighted by Gasteiger charge is -2.06. The number of rotatable bonds is 5. The second-order valence-corrected chi connectivity index (χ2v) is 4.02. The standard InChI is InChI=1S/C12H16N4O2/c1-15-9-14-16(12(15)17)6-3-7-18-11-5-2-4-10(13)8-11/h2,4-5,8-9H,3,6-7,13H2,1H3. The first kappa shape index (κ1) is 12.2. The predicted octanol–water partition coefficient (Wildman–Crippen LogP) is 0.633. The average molecular weight is 248 g/mol. The SMILES string of the molecule is Cn1cnn(CCCOc2cccc(N)c2)c1=O. The van der Waals surface area contributed by atoms with Gasteiger partial charge in [0.25, 0.3) is 0 Å². The van der Waals surface area contributed by atoms with Gasteiger partial charge in [-0.3, -0.25) is 4.57 Å². The van der Waals surface area contributed by atoms with Gasteiger partial charge in [0.1, 0.15) is 12.1 Å². The smallest absolute Gasteiger partial charge is 0.345 e. The molecule has 96 valence electrons. The average Bonchev–Trinajstić information content (AvgIpc) is 2.66. The van der Waals surface area contributed by atoms with E-state index in [-0.39, 0.29) is 5.69 Å². The fourth-order valence-electron chi connectivity index (χ4n) is 1.58. The van der Waals surface area contributed by atoms with Gasteiger partial charge in [-0.25, -0.2) is 9.48 Å². The molecule has 1 aromatic heterocycles. The van der Waals surface area contributed by atoms with Crippen LogP contribution >= 0.6 is 0 Å². The molecule has 0 radical (unpaired) electrons. The van der Waals surface area contributed by atoms with E-state index in [1.54, 1.807) is 19.2 Å². The summed E-state index contributed by atoms with van der Waals surface area (Å²) in [4.78, 5) is 11.5. The molecule has 0 aliphatic heterocycles. The van der Waals surface area contributed by atoms with E-state index < -0.39 is 0 Å². The molecule has 0 spiro atoms. The third-order valence-electron chi connectivity index (χ3n) is 2.53. The first-order valence-electron chi connectivity index (χ1n) is 5.73. The minimum absolute atomic E-state index is 0.112. The summed E-state index contributed by atoms with van der Waals surface area (Å²) >= 11 is 0. The van der Waals surface area contributed by atoms with Crippen LogP contribution in [0.15, 0.2) is 35.4 Å². The third kappa shape index (κ3) is 2.91. The maximum atomic E-state index is 11.5. The van der Waals surface area contributed by atoms with Crippen molar-refractivity contribution in [2.24, 2.45) is 7.05 Å². The van der Waals surface area contributed by atoms with Crippen LogP contribution in [-0.2, 0) is 13.6 Å². The molecular weight excluding hydrogens is 232 g/mol. The quantitative estimate of drug-likeness (QED) is 0.622. The summed E-state index contributed by atoms with van der Waals surface area (Å²) in [6, 6.07) is 7.27.